The highest BCUT2D eigenvalue weighted by molar-refractivity contribution is 5.96. The van der Waals surface area contributed by atoms with Gasteiger partial charge in [-0.2, -0.15) is 0 Å². The maximum absolute atomic E-state index is 12.5. The molecule has 5 nitrogen and oxygen atoms in total. The van der Waals surface area contributed by atoms with Crippen molar-refractivity contribution >= 4 is 27.8 Å². The summed E-state index contributed by atoms with van der Waals surface area (Å²) < 4.78 is 11.0. The molecular formula is C20H15NO4. The Balaban J connectivity index is 1.63. The van der Waals surface area contributed by atoms with Gasteiger partial charge in [0.15, 0.2) is 0 Å². The number of hydrogen-bond acceptors (Lipinski definition) is 4. The number of furan rings is 1. The molecule has 1 unspecified atom stereocenters. The second-order valence-corrected chi connectivity index (χ2v) is 5.87. The zero-order valence-electron chi connectivity index (χ0n) is 13.5. The molecule has 0 aliphatic rings. The van der Waals surface area contributed by atoms with Crippen molar-refractivity contribution in [3.05, 3.63) is 82.4 Å². The van der Waals surface area contributed by atoms with Gasteiger partial charge in [0, 0.05) is 10.8 Å². The Labute approximate surface area is 142 Å². The molecule has 0 saturated carbocycles. The standard InChI is InChI=1S/C20H15NO4/c1-12(18-11-14-7-3-4-8-16(14)24-18)21-19(22)15-10-13-6-2-5-9-17(13)25-20(15)23/h2-12H,1H3,(H,21,22). The van der Waals surface area contributed by atoms with E-state index in [1.807, 2.05) is 36.4 Å². The molecule has 4 aromatic rings. The Hall–Kier alpha value is -3.34. The second-order valence-electron chi connectivity index (χ2n) is 5.87. The Morgan fingerprint density at radius 3 is 2.20 bits per heavy atom. The van der Waals surface area contributed by atoms with Crippen molar-refractivity contribution in [2.45, 2.75) is 13.0 Å². The molecule has 1 atom stereocenters. The van der Waals surface area contributed by atoms with Crippen LogP contribution < -0.4 is 10.9 Å². The SMILES string of the molecule is CC(NC(=O)c1cc2ccccc2oc1=O)c1cc2ccccc2o1. The van der Waals surface area contributed by atoms with Crippen molar-refractivity contribution < 1.29 is 13.6 Å². The summed E-state index contributed by atoms with van der Waals surface area (Å²) in [6.45, 7) is 1.80. The summed E-state index contributed by atoms with van der Waals surface area (Å²) in [7, 11) is 0. The van der Waals surface area contributed by atoms with E-state index in [-0.39, 0.29) is 11.6 Å². The minimum absolute atomic E-state index is 0.0262. The summed E-state index contributed by atoms with van der Waals surface area (Å²) in [5.41, 5.74) is 0.521. The monoisotopic (exact) mass is 333 g/mol. The Morgan fingerprint density at radius 2 is 1.52 bits per heavy atom. The minimum Gasteiger partial charge on any atom is -0.459 e. The highest BCUT2D eigenvalue weighted by Crippen LogP contribution is 2.23. The third-order valence-electron chi connectivity index (χ3n) is 4.11. The molecule has 0 aliphatic carbocycles. The van der Waals surface area contributed by atoms with Crippen LogP contribution in [0.4, 0.5) is 0 Å². The van der Waals surface area contributed by atoms with E-state index in [1.165, 1.54) is 0 Å². The molecule has 0 spiro atoms. The van der Waals surface area contributed by atoms with Crippen LogP contribution in [-0.4, -0.2) is 5.91 Å². The average molecular weight is 333 g/mol. The number of rotatable bonds is 3. The smallest absolute Gasteiger partial charge is 0.349 e. The van der Waals surface area contributed by atoms with Crippen molar-refractivity contribution in [2.75, 3.05) is 0 Å². The van der Waals surface area contributed by atoms with Crippen molar-refractivity contribution in [2.24, 2.45) is 0 Å². The molecule has 2 heterocycles. The van der Waals surface area contributed by atoms with Crippen molar-refractivity contribution in [1.82, 2.24) is 5.32 Å². The summed E-state index contributed by atoms with van der Waals surface area (Å²) in [6, 6.07) is 17.7. The predicted molar refractivity (Wildman–Crippen MR) is 94.6 cm³/mol. The number of nitrogens with one attached hydrogen (secondary N) is 1. The molecule has 1 amide bonds. The molecule has 0 fully saturated rings. The molecule has 2 aromatic carbocycles. The zero-order valence-corrected chi connectivity index (χ0v) is 13.5. The van der Waals surface area contributed by atoms with E-state index in [2.05, 4.69) is 5.32 Å². The maximum Gasteiger partial charge on any atom is 0.349 e. The summed E-state index contributed by atoms with van der Waals surface area (Å²) in [5.74, 6) is 0.132. The number of amides is 1. The van der Waals surface area contributed by atoms with Crippen LogP contribution in [0.25, 0.3) is 21.9 Å². The fourth-order valence-corrected chi connectivity index (χ4v) is 2.78. The van der Waals surface area contributed by atoms with Crippen molar-refractivity contribution in [1.29, 1.82) is 0 Å². The van der Waals surface area contributed by atoms with E-state index in [0.29, 0.717) is 16.7 Å². The van der Waals surface area contributed by atoms with Crippen LogP contribution in [0.5, 0.6) is 0 Å². The van der Waals surface area contributed by atoms with Gasteiger partial charge in [0.25, 0.3) is 5.91 Å². The summed E-state index contributed by atoms with van der Waals surface area (Å²) in [4.78, 5) is 24.6. The lowest BCUT2D eigenvalue weighted by Gasteiger charge is -2.11. The van der Waals surface area contributed by atoms with Crippen LogP contribution in [0.3, 0.4) is 0 Å². The quantitative estimate of drug-likeness (QED) is 0.575. The zero-order chi connectivity index (χ0) is 17.4. The molecule has 0 aliphatic heterocycles. The fraction of sp³-hybridized carbons (Fsp3) is 0.100. The predicted octanol–water partition coefficient (Wildman–Crippen LogP) is 4.03. The topological polar surface area (TPSA) is 72.5 Å². The Kier molecular flexibility index (Phi) is 3.61. The van der Waals surface area contributed by atoms with Gasteiger partial charge in [0.1, 0.15) is 22.5 Å². The van der Waals surface area contributed by atoms with Crippen LogP contribution >= 0.6 is 0 Å². The van der Waals surface area contributed by atoms with Gasteiger partial charge >= 0.3 is 5.63 Å². The maximum atomic E-state index is 12.5. The molecular weight excluding hydrogens is 318 g/mol. The number of hydrogen-bond donors (Lipinski definition) is 1. The van der Waals surface area contributed by atoms with Crippen LogP contribution in [0.1, 0.15) is 29.1 Å². The average Bonchev–Trinajstić information content (AvgIpc) is 3.05. The van der Waals surface area contributed by atoms with Crippen LogP contribution in [0.15, 0.2) is 74.3 Å². The van der Waals surface area contributed by atoms with E-state index in [1.54, 1.807) is 31.2 Å². The first kappa shape index (κ1) is 15.2. The van der Waals surface area contributed by atoms with E-state index in [0.717, 1.165) is 11.0 Å². The number of carbonyl (C=O) groups excluding carboxylic acids is 1. The third-order valence-corrected chi connectivity index (χ3v) is 4.11. The van der Waals surface area contributed by atoms with Gasteiger partial charge in [-0.3, -0.25) is 4.79 Å². The molecule has 124 valence electrons. The normalized spacial score (nSPS) is 12.4. The van der Waals surface area contributed by atoms with Crippen molar-refractivity contribution in [3.63, 3.8) is 0 Å². The fourth-order valence-electron chi connectivity index (χ4n) is 2.78. The van der Waals surface area contributed by atoms with Crippen molar-refractivity contribution in [3.8, 4) is 0 Å². The molecule has 0 radical (unpaired) electrons. The van der Waals surface area contributed by atoms with E-state index >= 15 is 0 Å². The largest absolute Gasteiger partial charge is 0.459 e. The first-order chi connectivity index (χ1) is 12.1. The van der Waals surface area contributed by atoms with Gasteiger partial charge < -0.3 is 14.2 Å². The first-order valence-electron chi connectivity index (χ1n) is 7.94. The highest BCUT2D eigenvalue weighted by Gasteiger charge is 2.18. The molecule has 25 heavy (non-hydrogen) atoms. The first-order valence-corrected chi connectivity index (χ1v) is 7.94. The Bertz CT molecular complexity index is 1110. The lowest BCUT2D eigenvalue weighted by molar-refractivity contribution is 0.0932. The lowest BCUT2D eigenvalue weighted by Crippen LogP contribution is -2.30. The summed E-state index contributed by atoms with van der Waals surface area (Å²) in [6.07, 6.45) is 0. The number of benzene rings is 2. The molecule has 0 saturated heterocycles. The van der Waals surface area contributed by atoms with Crippen LogP contribution in [0, 0.1) is 0 Å². The molecule has 1 N–H and O–H groups in total. The molecule has 2 aromatic heterocycles. The van der Waals surface area contributed by atoms with Gasteiger partial charge in [0.2, 0.25) is 0 Å². The van der Waals surface area contributed by atoms with Gasteiger partial charge in [0.05, 0.1) is 6.04 Å². The Morgan fingerprint density at radius 1 is 0.920 bits per heavy atom. The molecule has 4 rings (SSSR count). The number of carbonyl (C=O) groups is 1. The van der Waals surface area contributed by atoms with Gasteiger partial charge in [-0.25, -0.2) is 4.79 Å². The van der Waals surface area contributed by atoms with E-state index in [9.17, 15) is 9.59 Å². The highest BCUT2D eigenvalue weighted by atomic mass is 16.4. The number of para-hydroxylation sites is 2. The van der Waals surface area contributed by atoms with Crippen LogP contribution in [-0.2, 0) is 0 Å². The van der Waals surface area contributed by atoms with E-state index in [4.69, 9.17) is 8.83 Å². The summed E-state index contributed by atoms with van der Waals surface area (Å²) >= 11 is 0. The lowest BCUT2D eigenvalue weighted by atomic mass is 10.1. The van der Waals surface area contributed by atoms with Gasteiger partial charge in [-0.1, -0.05) is 36.4 Å². The molecule has 0 bridgehead atoms. The van der Waals surface area contributed by atoms with Gasteiger partial charge in [-0.15, -0.1) is 0 Å². The minimum atomic E-state index is -0.659. The van der Waals surface area contributed by atoms with Crippen LogP contribution in [0.2, 0.25) is 0 Å². The third kappa shape index (κ3) is 2.80. The number of fused-ring (bicyclic) bond motifs is 2. The molecule has 5 heteroatoms. The van der Waals surface area contributed by atoms with E-state index < -0.39 is 11.5 Å². The second kappa shape index (κ2) is 5.94. The van der Waals surface area contributed by atoms with Gasteiger partial charge in [-0.05, 0) is 31.2 Å². The summed E-state index contributed by atoms with van der Waals surface area (Å²) in [5, 5.41) is 4.45.